The van der Waals surface area contributed by atoms with Crippen LogP contribution in [-0.4, -0.2) is 45.6 Å². The van der Waals surface area contributed by atoms with Crippen LogP contribution in [0.25, 0.3) is 0 Å². The minimum atomic E-state index is -1.79. The zero-order chi connectivity index (χ0) is 28.9. The van der Waals surface area contributed by atoms with Gasteiger partial charge in [-0.2, -0.15) is 0 Å². The van der Waals surface area contributed by atoms with Gasteiger partial charge in [-0.3, -0.25) is 4.79 Å². The van der Waals surface area contributed by atoms with E-state index in [4.69, 9.17) is 14.2 Å². The second kappa shape index (κ2) is 11.7. The Morgan fingerprint density at radius 3 is 1.75 bits per heavy atom. The molecule has 0 fully saturated rings. The van der Waals surface area contributed by atoms with Crippen LogP contribution in [0.2, 0.25) is 0 Å². The van der Waals surface area contributed by atoms with Crippen molar-refractivity contribution in [2.45, 2.75) is 45.0 Å². The summed E-state index contributed by atoms with van der Waals surface area (Å²) in [5.74, 6) is -1.06. The van der Waals surface area contributed by atoms with E-state index >= 15 is 0 Å². The highest BCUT2D eigenvalue weighted by atomic mass is 16.6. The number of aryl methyl sites for hydroxylation is 2. The molecule has 1 aromatic heterocycles. The first kappa shape index (κ1) is 28.4. The summed E-state index contributed by atoms with van der Waals surface area (Å²) in [7, 11) is 1.55. The minimum absolute atomic E-state index is 0.107. The van der Waals surface area contributed by atoms with E-state index in [9.17, 15) is 14.7 Å². The quantitative estimate of drug-likeness (QED) is 0.247. The normalized spacial score (nSPS) is 12.4. The summed E-state index contributed by atoms with van der Waals surface area (Å²) in [5.41, 5.74) is -0.726. The van der Waals surface area contributed by atoms with Gasteiger partial charge in [0.05, 0.1) is 7.11 Å². The number of hydrogen-bond donors (Lipinski definition) is 1. The number of benzene rings is 3. The SMILES string of the molecule is COc1ccc(C(=O)C(C)(C)OC(c2ccccc2)(c2ccccc2)C(Oc2nc(C)cc(C)n2)C(=O)O)cc1. The predicted octanol–water partition coefficient (Wildman–Crippen LogP) is 5.56. The number of carbonyl (C=O) groups excluding carboxylic acids is 1. The predicted molar refractivity (Wildman–Crippen MR) is 150 cm³/mol. The van der Waals surface area contributed by atoms with Crippen molar-refractivity contribution in [1.29, 1.82) is 0 Å². The Hall–Kier alpha value is -4.56. The smallest absolute Gasteiger partial charge is 0.348 e. The molecule has 0 aliphatic rings. The minimum Gasteiger partial charge on any atom is -0.497 e. The number of Topliss-reactive ketones (excluding diaryl/α,β-unsaturated/α-hetero) is 1. The third-order valence-electron chi connectivity index (χ3n) is 6.50. The highest BCUT2D eigenvalue weighted by molar-refractivity contribution is 6.02. The first-order chi connectivity index (χ1) is 19.1. The zero-order valence-corrected chi connectivity index (χ0v) is 23.1. The lowest BCUT2D eigenvalue weighted by Gasteiger charge is -2.43. The van der Waals surface area contributed by atoms with Crippen molar-refractivity contribution in [2.75, 3.05) is 7.11 Å². The maximum absolute atomic E-state index is 13.9. The van der Waals surface area contributed by atoms with Crippen molar-refractivity contribution >= 4 is 11.8 Å². The Morgan fingerprint density at radius 1 is 0.800 bits per heavy atom. The van der Waals surface area contributed by atoms with Gasteiger partial charge in [0.2, 0.25) is 6.10 Å². The molecule has 0 radical (unpaired) electrons. The largest absolute Gasteiger partial charge is 0.497 e. The molecule has 1 heterocycles. The Morgan fingerprint density at radius 2 is 1.30 bits per heavy atom. The van der Waals surface area contributed by atoms with Crippen LogP contribution < -0.4 is 9.47 Å². The van der Waals surface area contributed by atoms with Crippen LogP contribution in [0.1, 0.15) is 46.7 Å². The summed E-state index contributed by atoms with van der Waals surface area (Å²) >= 11 is 0. The third kappa shape index (κ3) is 5.87. The van der Waals surface area contributed by atoms with Gasteiger partial charge in [0.15, 0.2) is 11.4 Å². The molecule has 40 heavy (non-hydrogen) atoms. The topological polar surface area (TPSA) is 108 Å². The summed E-state index contributed by atoms with van der Waals surface area (Å²) < 4.78 is 18.1. The first-order valence-corrected chi connectivity index (χ1v) is 12.8. The van der Waals surface area contributed by atoms with E-state index in [-0.39, 0.29) is 11.8 Å². The monoisotopic (exact) mass is 540 g/mol. The Kier molecular flexibility index (Phi) is 8.30. The van der Waals surface area contributed by atoms with Crippen molar-refractivity contribution < 1.29 is 28.9 Å². The summed E-state index contributed by atoms with van der Waals surface area (Å²) in [5, 5.41) is 10.7. The molecule has 0 amide bonds. The Balaban J connectivity index is 1.93. The lowest BCUT2D eigenvalue weighted by molar-refractivity contribution is -0.179. The molecule has 0 aliphatic heterocycles. The molecular weight excluding hydrogens is 508 g/mol. The van der Waals surface area contributed by atoms with Crippen LogP contribution >= 0.6 is 0 Å². The number of aliphatic carboxylic acids is 1. The molecule has 1 atom stereocenters. The summed E-state index contributed by atoms with van der Waals surface area (Å²) in [6.45, 7) is 6.77. The van der Waals surface area contributed by atoms with E-state index < -0.39 is 23.3 Å². The molecule has 0 bridgehead atoms. The second-order valence-corrected chi connectivity index (χ2v) is 9.91. The van der Waals surface area contributed by atoms with E-state index in [1.807, 2.05) is 12.1 Å². The molecule has 1 unspecified atom stereocenters. The maximum atomic E-state index is 13.9. The van der Waals surface area contributed by atoms with E-state index in [0.29, 0.717) is 33.8 Å². The molecule has 0 saturated heterocycles. The first-order valence-electron chi connectivity index (χ1n) is 12.8. The van der Waals surface area contributed by atoms with Gasteiger partial charge in [0.1, 0.15) is 11.4 Å². The molecule has 4 rings (SSSR count). The highest BCUT2D eigenvalue weighted by Gasteiger charge is 2.54. The van der Waals surface area contributed by atoms with Crippen LogP contribution in [0.4, 0.5) is 0 Å². The third-order valence-corrected chi connectivity index (χ3v) is 6.50. The van der Waals surface area contributed by atoms with Crippen LogP contribution in [-0.2, 0) is 15.1 Å². The van der Waals surface area contributed by atoms with E-state index in [0.717, 1.165) is 0 Å². The number of ether oxygens (including phenoxy) is 3. The number of methoxy groups -OCH3 is 1. The van der Waals surface area contributed by atoms with E-state index in [2.05, 4.69) is 9.97 Å². The van der Waals surface area contributed by atoms with Gasteiger partial charge < -0.3 is 19.3 Å². The van der Waals surface area contributed by atoms with Gasteiger partial charge in [-0.05, 0) is 69.2 Å². The van der Waals surface area contributed by atoms with Gasteiger partial charge in [0.25, 0.3) is 0 Å². The summed E-state index contributed by atoms with van der Waals surface area (Å²) in [4.78, 5) is 35.6. The van der Waals surface area contributed by atoms with Crippen LogP contribution in [0.3, 0.4) is 0 Å². The van der Waals surface area contributed by atoms with Crippen molar-refractivity contribution in [3.8, 4) is 11.8 Å². The molecule has 3 aromatic carbocycles. The van der Waals surface area contributed by atoms with Gasteiger partial charge in [-0.15, -0.1) is 0 Å². The molecular formula is C32H32N2O6. The van der Waals surface area contributed by atoms with Crippen LogP contribution in [0.15, 0.2) is 91.0 Å². The molecule has 206 valence electrons. The number of aromatic nitrogens is 2. The standard InChI is InChI=1S/C32H32N2O6/c1-21-20-22(2)34-30(33-21)39-28(29(36)37)32(24-12-8-6-9-13-24,25-14-10-7-11-15-25)40-31(3,4)27(35)23-16-18-26(38-5)19-17-23/h6-20,28H,1-5H3,(H,36,37). The van der Waals surface area contributed by atoms with Gasteiger partial charge >= 0.3 is 12.0 Å². The van der Waals surface area contributed by atoms with E-state index in [1.165, 1.54) is 0 Å². The van der Waals surface area contributed by atoms with Crippen molar-refractivity contribution in [1.82, 2.24) is 9.97 Å². The van der Waals surface area contributed by atoms with Crippen molar-refractivity contribution in [2.24, 2.45) is 0 Å². The lowest BCUT2D eigenvalue weighted by atomic mass is 9.79. The Bertz CT molecular complexity index is 1410. The van der Waals surface area contributed by atoms with Gasteiger partial charge in [0, 0.05) is 17.0 Å². The molecule has 8 heteroatoms. The van der Waals surface area contributed by atoms with Crippen LogP contribution in [0.5, 0.6) is 11.8 Å². The fourth-order valence-electron chi connectivity index (χ4n) is 4.71. The number of rotatable bonds is 11. The number of carbonyl (C=O) groups is 2. The number of carboxylic acids is 1. The average molecular weight is 541 g/mol. The average Bonchev–Trinajstić information content (AvgIpc) is 2.95. The number of carboxylic acid groups (broad SMARTS) is 1. The number of ketones is 1. The summed E-state index contributed by atoms with van der Waals surface area (Å²) in [6, 6.07) is 26.1. The second-order valence-electron chi connectivity index (χ2n) is 9.91. The van der Waals surface area contributed by atoms with Gasteiger partial charge in [-0.1, -0.05) is 60.7 Å². The molecule has 0 aliphatic carbocycles. The maximum Gasteiger partial charge on any atom is 0.348 e. The lowest BCUT2D eigenvalue weighted by Crippen LogP contribution is -2.56. The van der Waals surface area contributed by atoms with Gasteiger partial charge in [-0.25, -0.2) is 14.8 Å². The number of hydrogen-bond acceptors (Lipinski definition) is 7. The van der Waals surface area contributed by atoms with Crippen LogP contribution in [0, 0.1) is 13.8 Å². The molecule has 4 aromatic rings. The molecule has 0 spiro atoms. The molecule has 1 N–H and O–H groups in total. The van der Waals surface area contributed by atoms with E-state index in [1.54, 1.807) is 114 Å². The molecule has 8 nitrogen and oxygen atoms in total. The number of nitrogens with zero attached hydrogens (tertiary/aromatic N) is 2. The van der Waals surface area contributed by atoms with Crippen molar-refractivity contribution in [3.63, 3.8) is 0 Å². The fraction of sp³-hybridized carbons (Fsp3) is 0.250. The zero-order valence-electron chi connectivity index (χ0n) is 23.1. The fourth-order valence-corrected chi connectivity index (χ4v) is 4.71. The molecule has 0 saturated carbocycles. The Labute approximate surface area is 233 Å². The highest BCUT2D eigenvalue weighted by Crippen LogP contribution is 2.43. The summed E-state index contributed by atoms with van der Waals surface area (Å²) in [6.07, 6.45) is -1.68. The van der Waals surface area contributed by atoms with Crippen molar-refractivity contribution in [3.05, 3.63) is 119 Å².